The number of aromatic nitrogens is 1. The number of carbonyl (C=O) groups is 1. The predicted octanol–water partition coefficient (Wildman–Crippen LogP) is 0.917. The van der Waals surface area contributed by atoms with Crippen LogP contribution in [-0.2, 0) is 6.54 Å². The van der Waals surface area contributed by atoms with E-state index in [0.717, 1.165) is 31.2 Å². The lowest BCUT2D eigenvalue weighted by atomic mass is 10.2. The first-order chi connectivity index (χ1) is 8.72. The smallest absolute Gasteiger partial charge is 0.266 e. The number of hydrogen-bond acceptors (Lipinski definition) is 4. The minimum absolute atomic E-state index is 0.306. The molecule has 0 unspecified atom stereocenters. The summed E-state index contributed by atoms with van der Waals surface area (Å²) in [6, 6.07) is 3.65. The number of nitrogen functional groups attached to an aromatic ring is 1. The Morgan fingerprint density at radius 2 is 2.33 bits per heavy atom. The highest BCUT2D eigenvalue weighted by Crippen LogP contribution is 2.29. The van der Waals surface area contributed by atoms with E-state index in [1.807, 2.05) is 6.07 Å². The average Bonchev–Trinajstić information content (AvgIpc) is 3.22. The maximum absolute atomic E-state index is 11.3. The molecule has 1 heterocycles. The van der Waals surface area contributed by atoms with Crippen LogP contribution in [0.5, 0.6) is 0 Å². The minimum atomic E-state index is -0.306. The topological polar surface area (TPSA) is 71.2 Å². The summed E-state index contributed by atoms with van der Waals surface area (Å²) >= 11 is 0. The molecule has 0 bridgehead atoms. The van der Waals surface area contributed by atoms with Crippen molar-refractivity contribution in [1.29, 1.82) is 0 Å². The number of carbonyl (C=O) groups excluding carboxylic acids is 1. The lowest BCUT2D eigenvalue weighted by molar-refractivity contribution is 0.0953. The number of pyridine rings is 1. The Balaban J connectivity index is 1.93. The van der Waals surface area contributed by atoms with Gasteiger partial charge in [0.05, 0.1) is 11.3 Å². The van der Waals surface area contributed by atoms with Crippen LogP contribution in [0.3, 0.4) is 0 Å². The number of nitrogens with two attached hydrogens (primary N) is 1. The molecule has 3 N–H and O–H groups in total. The molecule has 0 radical (unpaired) electrons. The third kappa shape index (κ3) is 3.51. The standard InChI is InChI=1S/C13H20N4O/c1-2-17(8-10-3-4-10)9-12-6-5-11(7-15-12)13(18)16-14/h5-7,10H,2-4,8-9,14H2,1H3,(H,16,18). The van der Waals surface area contributed by atoms with E-state index in [0.29, 0.717) is 5.56 Å². The highest BCUT2D eigenvalue weighted by molar-refractivity contribution is 5.93. The van der Waals surface area contributed by atoms with Gasteiger partial charge in [0.15, 0.2) is 0 Å². The van der Waals surface area contributed by atoms with Gasteiger partial charge in [-0.15, -0.1) is 0 Å². The van der Waals surface area contributed by atoms with Crippen molar-refractivity contribution in [1.82, 2.24) is 15.3 Å². The quantitative estimate of drug-likeness (QED) is 0.446. The van der Waals surface area contributed by atoms with Gasteiger partial charge in [0.2, 0.25) is 0 Å². The number of rotatable bonds is 6. The maximum atomic E-state index is 11.3. The summed E-state index contributed by atoms with van der Waals surface area (Å²) in [5.74, 6) is 5.65. The Kier molecular flexibility index (Phi) is 4.28. The first-order valence-electron chi connectivity index (χ1n) is 6.41. The van der Waals surface area contributed by atoms with E-state index in [2.05, 4.69) is 22.2 Å². The molecule has 0 atom stereocenters. The van der Waals surface area contributed by atoms with Crippen LogP contribution in [0.4, 0.5) is 0 Å². The van der Waals surface area contributed by atoms with E-state index in [-0.39, 0.29) is 5.91 Å². The average molecular weight is 248 g/mol. The van der Waals surface area contributed by atoms with Gasteiger partial charge in [-0.25, -0.2) is 5.84 Å². The van der Waals surface area contributed by atoms with Crippen molar-refractivity contribution in [3.8, 4) is 0 Å². The number of hydrogen-bond donors (Lipinski definition) is 2. The Hall–Kier alpha value is -1.46. The molecule has 1 fully saturated rings. The number of hydrazine groups is 1. The molecule has 1 saturated carbocycles. The predicted molar refractivity (Wildman–Crippen MR) is 69.6 cm³/mol. The van der Waals surface area contributed by atoms with Crippen molar-refractivity contribution in [3.05, 3.63) is 29.6 Å². The second kappa shape index (κ2) is 5.93. The fourth-order valence-electron chi connectivity index (χ4n) is 1.94. The normalized spacial score (nSPS) is 14.8. The summed E-state index contributed by atoms with van der Waals surface area (Å²) in [5, 5.41) is 0. The minimum Gasteiger partial charge on any atom is -0.298 e. The van der Waals surface area contributed by atoms with E-state index in [9.17, 15) is 4.79 Å². The Morgan fingerprint density at radius 3 is 2.83 bits per heavy atom. The van der Waals surface area contributed by atoms with Crippen LogP contribution < -0.4 is 11.3 Å². The van der Waals surface area contributed by atoms with Crippen molar-refractivity contribution in [2.24, 2.45) is 11.8 Å². The van der Waals surface area contributed by atoms with Crippen LogP contribution in [0.25, 0.3) is 0 Å². The largest absolute Gasteiger partial charge is 0.298 e. The molecule has 0 aromatic carbocycles. The van der Waals surface area contributed by atoms with E-state index in [4.69, 9.17) is 5.84 Å². The van der Waals surface area contributed by atoms with Gasteiger partial charge in [0.25, 0.3) is 5.91 Å². The molecule has 1 amide bonds. The summed E-state index contributed by atoms with van der Waals surface area (Å²) in [4.78, 5) is 18.0. The van der Waals surface area contributed by atoms with Crippen molar-refractivity contribution >= 4 is 5.91 Å². The van der Waals surface area contributed by atoms with Crippen LogP contribution in [0.1, 0.15) is 35.8 Å². The summed E-state index contributed by atoms with van der Waals surface area (Å²) in [5.41, 5.74) is 3.58. The zero-order valence-electron chi connectivity index (χ0n) is 10.7. The second-order valence-corrected chi connectivity index (χ2v) is 4.78. The highest BCUT2D eigenvalue weighted by Gasteiger charge is 2.23. The Labute approximate surface area is 107 Å². The third-order valence-corrected chi connectivity index (χ3v) is 3.26. The lowest BCUT2D eigenvalue weighted by Gasteiger charge is -2.19. The van der Waals surface area contributed by atoms with Crippen molar-refractivity contribution in [3.63, 3.8) is 0 Å². The van der Waals surface area contributed by atoms with Gasteiger partial charge in [-0.2, -0.15) is 0 Å². The Morgan fingerprint density at radius 1 is 1.56 bits per heavy atom. The molecule has 2 rings (SSSR count). The van der Waals surface area contributed by atoms with Gasteiger partial charge in [0, 0.05) is 19.3 Å². The monoisotopic (exact) mass is 248 g/mol. The molecule has 1 aliphatic carbocycles. The third-order valence-electron chi connectivity index (χ3n) is 3.26. The summed E-state index contributed by atoms with van der Waals surface area (Å²) in [7, 11) is 0. The fraction of sp³-hybridized carbons (Fsp3) is 0.538. The molecular formula is C13H20N4O. The van der Waals surface area contributed by atoms with Crippen LogP contribution in [0.15, 0.2) is 18.3 Å². The van der Waals surface area contributed by atoms with Gasteiger partial charge in [-0.05, 0) is 37.4 Å². The molecule has 5 nitrogen and oxygen atoms in total. The highest BCUT2D eigenvalue weighted by atomic mass is 16.2. The second-order valence-electron chi connectivity index (χ2n) is 4.78. The van der Waals surface area contributed by atoms with Gasteiger partial charge >= 0.3 is 0 Å². The molecule has 1 aromatic rings. The number of nitrogens with zero attached hydrogens (tertiary/aromatic N) is 2. The van der Waals surface area contributed by atoms with E-state index >= 15 is 0 Å². The van der Waals surface area contributed by atoms with Crippen molar-refractivity contribution in [2.75, 3.05) is 13.1 Å². The number of amides is 1. The maximum Gasteiger partial charge on any atom is 0.266 e. The van der Waals surface area contributed by atoms with Crippen LogP contribution >= 0.6 is 0 Å². The molecule has 5 heteroatoms. The SMILES string of the molecule is CCN(Cc1ccc(C(=O)NN)cn1)CC1CC1. The van der Waals surface area contributed by atoms with E-state index in [1.54, 1.807) is 12.3 Å². The molecule has 1 aromatic heterocycles. The van der Waals surface area contributed by atoms with Crippen LogP contribution in [-0.4, -0.2) is 28.9 Å². The van der Waals surface area contributed by atoms with Crippen molar-refractivity contribution < 1.29 is 4.79 Å². The van der Waals surface area contributed by atoms with Gasteiger partial charge in [-0.1, -0.05) is 6.92 Å². The van der Waals surface area contributed by atoms with Gasteiger partial charge < -0.3 is 0 Å². The first-order valence-corrected chi connectivity index (χ1v) is 6.41. The van der Waals surface area contributed by atoms with Crippen LogP contribution in [0.2, 0.25) is 0 Å². The molecule has 1 aliphatic rings. The van der Waals surface area contributed by atoms with E-state index in [1.165, 1.54) is 12.8 Å². The summed E-state index contributed by atoms with van der Waals surface area (Å²) < 4.78 is 0. The lowest BCUT2D eigenvalue weighted by Crippen LogP contribution is -2.30. The van der Waals surface area contributed by atoms with E-state index < -0.39 is 0 Å². The summed E-state index contributed by atoms with van der Waals surface area (Å²) in [6.07, 6.45) is 4.29. The molecule has 0 spiro atoms. The van der Waals surface area contributed by atoms with Gasteiger partial charge in [0.1, 0.15) is 0 Å². The fourth-order valence-corrected chi connectivity index (χ4v) is 1.94. The molecule has 0 aliphatic heterocycles. The zero-order chi connectivity index (χ0) is 13.0. The van der Waals surface area contributed by atoms with Gasteiger partial charge in [-0.3, -0.25) is 20.1 Å². The molecular weight excluding hydrogens is 228 g/mol. The molecule has 0 saturated heterocycles. The first kappa shape index (κ1) is 13.0. The molecule has 18 heavy (non-hydrogen) atoms. The van der Waals surface area contributed by atoms with Crippen LogP contribution in [0, 0.1) is 5.92 Å². The number of nitrogens with one attached hydrogen (secondary N) is 1. The Bertz CT molecular complexity index is 400. The summed E-state index contributed by atoms with van der Waals surface area (Å²) in [6.45, 7) is 5.20. The van der Waals surface area contributed by atoms with Crippen molar-refractivity contribution in [2.45, 2.75) is 26.3 Å². The zero-order valence-corrected chi connectivity index (χ0v) is 10.7. The molecule has 98 valence electrons.